The summed E-state index contributed by atoms with van der Waals surface area (Å²) >= 11 is 0. The van der Waals surface area contributed by atoms with Crippen molar-refractivity contribution in [2.45, 2.75) is 19.4 Å². The molecular formula is C11H15N3O3. The number of nitro groups is 1. The number of nitrogens with two attached hydrogens (primary N) is 1. The van der Waals surface area contributed by atoms with Gasteiger partial charge in [-0.25, -0.2) is 0 Å². The Morgan fingerprint density at radius 1 is 1.53 bits per heavy atom. The molecule has 1 rings (SSSR count). The van der Waals surface area contributed by atoms with Crippen LogP contribution in [-0.2, 0) is 11.2 Å². The molecule has 0 heterocycles. The molecule has 0 saturated carbocycles. The molecule has 92 valence electrons. The minimum Gasteiger partial charge on any atom is -0.352 e. The second kappa shape index (κ2) is 5.95. The first-order chi connectivity index (χ1) is 8.04. The number of rotatable bonds is 5. The number of hydrogen-bond acceptors (Lipinski definition) is 4. The first-order valence-corrected chi connectivity index (χ1v) is 5.26. The summed E-state index contributed by atoms with van der Waals surface area (Å²) in [5, 5.41) is 13.4. The van der Waals surface area contributed by atoms with E-state index in [4.69, 9.17) is 5.73 Å². The number of amides is 1. The highest BCUT2D eigenvalue weighted by atomic mass is 16.6. The molecule has 6 heteroatoms. The van der Waals surface area contributed by atoms with E-state index < -0.39 is 4.92 Å². The number of nitrogens with zero attached hydrogens (tertiary/aromatic N) is 1. The van der Waals surface area contributed by atoms with Gasteiger partial charge < -0.3 is 11.1 Å². The van der Waals surface area contributed by atoms with Gasteiger partial charge in [0, 0.05) is 24.2 Å². The highest BCUT2D eigenvalue weighted by Crippen LogP contribution is 2.17. The van der Waals surface area contributed by atoms with Gasteiger partial charge in [0.1, 0.15) is 0 Å². The van der Waals surface area contributed by atoms with Crippen LogP contribution in [0.3, 0.4) is 0 Å². The molecule has 0 aliphatic rings. The number of hydrogen-bond donors (Lipinski definition) is 2. The number of carbonyl (C=O) groups is 1. The van der Waals surface area contributed by atoms with Crippen LogP contribution in [0, 0.1) is 10.1 Å². The third kappa shape index (κ3) is 3.84. The van der Waals surface area contributed by atoms with E-state index in [2.05, 4.69) is 5.32 Å². The van der Waals surface area contributed by atoms with Gasteiger partial charge in [-0.05, 0) is 6.92 Å². The Kier molecular flexibility index (Phi) is 4.59. The number of para-hydroxylation sites is 1. The van der Waals surface area contributed by atoms with Crippen LogP contribution in [0.2, 0.25) is 0 Å². The van der Waals surface area contributed by atoms with E-state index in [1.165, 1.54) is 6.07 Å². The van der Waals surface area contributed by atoms with Gasteiger partial charge in [0.05, 0.1) is 11.3 Å². The predicted octanol–water partition coefficient (Wildman–Crippen LogP) is 0.601. The third-order valence-electron chi connectivity index (χ3n) is 2.30. The molecule has 1 aromatic rings. The molecule has 0 aliphatic heterocycles. The molecule has 0 saturated heterocycles. The summed E-state index contributed by atoms with van der Waals surface area (Å²) in [6.45, 7) is 2.11. The largest absolute Gasteiger partial charge is 0.352 e. The number of carbonyl (C=O) groups excluding carboxylic acids is 1. The molecule has 1 aromatic carbocycles. The molecule has 0 aliphatic carbocycles. The summed E-state index contributed by atoms with van der Waals surface area (Å²) in [6.07, 6.45) is -0.0124. The first kappa shape index (κ1) is 13.1. The Hall–Kier alpha value is -1.95. The molecule has 3 N–H and O–H groups in total. The Bertz CT molecular complexity index is 420. The molecule has 6 nitrogen and oxygen atoms in total. The van der Waals surface area contributed by atoms with Crippen molar-refractivity contribution in [2.24, 2.45) is 5.73 Å². The van der Waals surface area contributed by atoms with Crippen molar-refractivity contribution in [1.29, 1.82) is 0 Å². The zero-order valence-corrected chi connectivity index (χ0v) is 9.55. The SMILES string of the molecule is CC(CN)NC(=O)Cc1ccccc1[N+](=O)[O-]. The van der Waals surface area contributed by atoms with Crippen LogP contribution in [0.5, 0.6) is 0 Å². The first-order valence-electron chi connectivity index (χ1n) is 5.26. The van der Waals surface area contributed by atoms with Crippen molar-refractivity contribution in [2.75, 3.05) is 6.54 Å². The zero-order chi connectivity index (χ0) is 12.8. The van der Waals surface area contributed by atoms with Crippen LogP contribution in [0.4, 0.5) is 5.69 Å². The van der Waals surface area contributed by atoms with Crippen LogP contribution in [0.25, 0.3) is 0 Å². The molecule has 0 fully saturated rings. The normalized spacial score (nSPS) is 11.9. The van der Waals surface area contributed by atoms with E-state index in [1.54, 1.807) is 25.1 Å². The Balaban J connectivity index is 2.74. The molecule has 1 amide bonds. The van der Waals surface area contributed by atoms with Gasteiger partial charge in [0.15, 0.2) is 0 Å². The van der Waals surface area contributed by atoms with Crippen LogP contribution >= 0.6 is 0 Å². The maximum absolute atomic E-state index is 11.6. The lowest BCUT2D eigenvalue weighted by Crippen LogP contribution is -2.38. The summed E-state index contributed by atoms with van der Waals surface area (Å²) in [5.41, 5.74) is 5.73. The topological polar surface area (TPSA) is 98.3 Å². The van der Waals surface area contributed by atoms with E-state index in [-0.39, 0.29) is 24.1 Å². The van der Waals surface area contributed by atoms with Gasteiger partial charge in [-0.3, -0.25) is 14.9 Å². The van der Waals surface area contributed by atoms with Crippen molar-refractivity contribution >= 4 is 11.6 Å². The number of nitrogens with one attached hydrogen (secondary N) is 1. The van der Waals surface area contributed by atoms with Gasteiger partial charge in [-0.2, -0.15) is 0 Å². The third-order valence-corrected chi connectivity index (χ3v) is 2.30. The van der Waals surface area contributed by atoms with E-state index in [9.17, 15) is 14.9 Å². The summed E-state index contributed by atoms with van der Waals surface area (Å²) in [5.74, 6) is -0.266. The minimum absolute atomic E-state index is 0.0124. The minimum atomic E-state index is -0.491. The lowest BCUT2D eigenvalue weighted by molar-refractivity contribution is -0.385. The smallest absolute Gasteiger partial charge is 0.273 e. The van der Waals surface area contributed by atoms with E-state index >= 15 is 0 Å². The Morgan fingerprint density at radius 3 is 2.76 bits per heavy atom. The van der Waals surface area contributed by atoms with E-state index in [0.29, 0.717) is 12.1 Å². The average Bonchev–Trinajstić information content (AvgIpc) is 2.29. The molecular weight excluding hydrogens is 222 g/mol. The van der Waals surface area contributed by atoms with E-state index in [1.807, 2.05) is 0 Å². The fourth-order valence-electron chi connectivity index (χ4n) is 1.40. The number of nitro benzene ring substituents is 1. The lowest BCUT2D eigenvalue weighted by Gasteiger charge is -2.11. The fourth-order valence-corrected chi connectivity index (χ4v) is 1.40. The van der Waals surface area contributed by atoms with Crippen molar-refractivity contribution in [3.63, 3.8) is 0 Å². The molecule has 17 heavy (non-hydrogen) atoms. The van der Waals surface area contributed by atoms with Crippen molar-refractivity contribution < 1.29 is 9.72 Å². The maximum atomic E-state index is 11.6. The Morgan fingerprint density at radius 2 is 2.18 bits per heavy atom. The second-order valence-corrected chi connectivity index (χ2v) is 3.77. The lowest BCUT2D eigenvalue weighted by atomic mass is 10.1. The van der Waals surface area contributed by atoms with Gasteiger partial charge in [0.25, 0.3) is 5.69 Å². The molecule has 0 radical (unpaired) electrons. The highest BCUT2D eigenvalue weighted by Gasteiger charge is 2.15. The average molecular weight is 237 g/mol. The van der Waals surface area contributed by atoms with Crippen LogP contribution < -0.4 is 11.1 Å². The van der Waals surface area contributed by atoms with Gasteiger partial charge >= 0.3 is 0 Å². The zero-order valence-electron chi connectivity index (χ0n) is 9.55. The molecule has 0 spiro atoms. The van der Waals surface area contributed by atoms with Crippen LogP contribution in [0.15, 0.2) is 24.3 Å². The number of benzene rings is 1. The second-order valence-electron chi connectivity index (χ2n) is 3.77. The van der Waals surface area contributed by atoms with Gasteiger partial charge in [-0.1, -0.05) is 18.2 Å². The van der Waals surface area contributed by atoms with Crippen LogP contribution in [0.1, 0.15) is 12.5 Å². The standard InChI is InChI=1S/C11H15N3O3/c1-8(7-12)13-11(15)6-9-4-2-3-5-10(9)14(16)17/h2-5,8H,6-7,12H2,1H3,(H,13,15). The maximum Gasteiger partial charge on any atom is 0.273 e. The van der Waals surface area contributed by atoms with E-state index in [0.717, 1.165) is 0 Å². The van der Waals surface area contributed by atoms with Gasteiger partial charge in [-0.15, -0.1) is 0 Å². The summed E-state index contributed by atoms with van der Waals surface area (Å²) in [7, 11) is 0. The quantitative estimate of drug-likeness (QED) is 0.578. The highest BCUT2D eigenvalue weighted by molar-refractivity contribution is 5.80. The van der Waals surface area contributed by atoms with Crippen molar-refractivity contribution in [3.05, 3.63) is 39.9 Å². The summed E-state index contributed by atoms with van der Waals surface area (Å²) in [4.78, 5) is 21.8. The van der Waals surface area contributed by atoms with Crippen LogP contribution in [-0.4, -0.2) is 23.4 Å². The molecule has 0 aromatic heterocycles. The van der Waals surface area contributed by atoms with Gasteiger partial charge in [0.2, 0.25) is 5.91 Å². The monoisotopic (exact) mass is 237 g/mol. The fraction of sp³-hybridized carbons (Fsp3) is 0.364. The molecule has 1 atom stereocenters. The van der Waals surface area contributed by atoms with Crippen molar-refractivity contribution in [3.8, 4) is 0 Å². The molecule has 1 unspecified atom stereocenters. The predicted molar refractivity (Wildman–Crippen MR) is 63.5 cm³/mol. The van der Waals surface area contributed by atoms with Crippen molar-refractivity contribution in [1.82, 2.24) is 5.32 Å². The summed E-state index contributed by atoms with van der Waals surface area (Å²) < 4.78 is 0. The molecule has 0 bridgehead atoms. The Labute approximate surface area is 99.0 Å². The summed E-state index contributed by atoms with van der Waals surface area (Å²) in [6, 6.07) is 6.06.